The molecule has 1 aliphatic heterocycles. The predicted octanol–water partition coefficient (Wildman–Crippen LogP) is 1.93. The lowest BCUT2D eigenvalue weighted by Crippen LogP contribution is -2.27. The molecule has 1 fully saturated rings. The van der Waals surface area contributed by atoms with Crippen molar-refractivity contribution < 1.29 is 23.4 Å². The summed E-state index contributed by atoms with van der Waals surface area (Å²) < 4.78 is 37.4. The molecule has 1 heterocycles. The molecule has 112 valence electrons. The summed E-state index contributed by atoms with van der Waals surface area (Å²) in [5.41, 5.74) is -0.231. The largest absolute Gasteiger partial charge is 0.389 e. The summed E-state index contributed by atoms with van der Waals surface area (Å²) in [7, 11) is 0. The molecule has 1 aromatic rings. The Morgan fingerprint density at radius 3 is 2.80 bits per heavy atom. The number of hydrogen-bond donors (Lipinski definition) is 2. The number of ether oxygens (including phenoxy) is 2. The molecule has 2 rings (SSSR count). The van der Waals surface area contributed by atoms with E-state index in [1.807, 2.05) is 0 Å². The third kappa shape index (κ3) is 4.40. The molecule has 2 N–H and O–H groups in total. The standard InChI is InChI=1S/C14H19F2NO3/c15-12-4-1-5-13(16)14(12)17-7-10(18)8-19-9-11-3-2-6-20-11/h1,4-5,10-11,17-18H,2-3,6-9H2. The summed E-state index contributed by atoms with van der Waals surface area (Å²) in [6.07, 6.45) is 1.26. The highest BCUT2D eigenvalue weighted by atomic mass is 19.1. The van der Waals surface area contributed by atoms with E-state index in [1.54, 1.807) is 0 Å². The first-order chi connectivity index (χ1) is 9.66. The summed E-state index contributed by atoms with van der Waals surface area (Å²) in [6.45, 7) is 1.31. The zero-order valence-corrected chi connectivity index (χ0v) is 11.1. The third-order valence-electron chi connectivity index (χ3n) is 3.12. The number of hydrogen-bond acceptors (Lipinski definition) is 4. The second-order valence-corrected chi connectivity index (χ2v) is 4.80. The minimum atomic E-state index is -0.838. The second kappa shape index (κ2) is 7.52. The van der Waals surface area contributed by atoms with Crippen molar-refractivity contribution in [1.82, 2.24) is 0 Å². The van der Waals surface area contributed by atoms with Gasteiger partial charge in [-0.1, -0.05) is 6.07 Å². The van der Waals surface area contributed by atoms with Gasteiger partial charge in [-0.2, -0.15) is 0 Å². The summed E-state index contributed by atoms with van der Waals surface area (Å²) in [6, 6.07) is 3.61. The molecule has 0 bridgehead atoms. The van der Waals surface area contributed by atoms with Crippen molar-refractivity contribution in [3.05, 3.63) is 29.8 Å². The van der Waals surface area contributed by atoms with Crippen LogP contribution >= 0.6 is 0 Å². The highest BCUT2D eigenvalue weighted by Gasteiger charge is 2.16. The van der Waals surface area contributed by atoms with Gasteiger partial charge in [0.1, 0.15) is 17.3 Å². The minimum Gasteiger partial charge on any atom is -0.389 e. The van der Waals surface area contributed by atoms with E-state index in [0.29, 0.717) is 6.61 Å². The SMILES string of the molecule is OC(CNc1c(F)cccc1F)COCC1CCCO1. The van der Waals surface area contributed by atoms with E-state index in [-0.39, 0.29) is 24.9 Å². The van der Waals surface area contributed by atoms with Gasteiger partial charge in [0.25, 0.3) is 0 Å². The molecule has 1 aliphatic rings. The second-order valence-electron chi connectivity index (χ2n) is 4.80. The van der Waals surface area contributed by atoms with Crippen molar-refractivity contribution in [2.45, 2.75) is 25.0 Å². The van der Waals surface area contributed by atoms with Crippen LogP contribution in [-0.4, -0.2) is 43.7 Å². The monoisotopic (exact) mass is 287 g/mol. The molecular weight excluding hydrogens is 268 g/mol. The zero-order chi connectivity index (χ0) is 14.4. The Hall–Kier alpha value is -1.24. The Morgan fingerprint density at radius 2 is 2.15 bits per heavy atom. The van der Waals surface area contributed by atoms with Gasteiger partial charge in [0.15, 0.2) is 0 Å². The molecule has 0 aliphatic carbocycles. The van der Waals surface area contributed by atoms with Crippen LogP contribution in [0, 0.1) is 11.6 Å². The molecular formula is C14H19F2NO3. The molecule has 1 aromatic carbocycles. The molecule has 2 unspecified atom stereocenters. The first-order valence-electron chi connectivity index (χ1n) is 6.72. The molecule has 2 atom stereocenters. The Bertz CT molecular complexity index is 405. The summed E-state index contributed by atoms with van der Waals surface area (Å²) >= 11 is 0. The topological polar surface area (TPSA) is 50.7 Å². The number of halogens is 2. The van der Waals surface area contributed by atoms with Crippen molar-refractivity contribution in [2.75, 3.05) is 31.7 Å². The van der Waals surface area contributed by atoms with Gasteiger partial charge in [0.05, 0.1) is 25.4 Å². The number of nitrogens with one attached hydrogen (secondary N) is 1. The van der Waals surface area contributed by atoms with E-state index in [9.17, 15) is 13.9 Å². The Balaban J connectivity index is 1.68. The van der Waals surface area contributed by atoms with Gasteiger partial charge in [-0.3, -0.25) is 0 Å². The lowest BCUT2D eigenvalue weighted by molar-refractivity contribution is -0.0137. The fraction of sp³-hybridized carbons (Fsp3) is 0.571. The van der Waals surface area contributed by atoms with E-state index in [2.05, 4.69) is 5.32 Å². The summed E-state index contributed by atoms with van der Waals surface area (Å²) in [5, 5.41) is 12.2. The van der Waals surface area contributed by atoms with Crippen molar-refractivity contribution >= 4 is 5.69 Å². The maximum absolute atomic E-state index is 13.3. The van der Waals surface area contributed by atoms with E-state index >= 15 is 0 Å². The molecule has 4 nitrogen and oxygen atoms in total. The molecule has 0 saturated carbocycles. The molecule has 0 spiro atoms. The first kappa shape index (κ1) is 15.2. The molecule has 0 amide bonds. The van der Waals surface area contributed by atoms with Crippen LogP contribution in [0.4, 0.5) is 14.5 Å². The fourth-order valence-corrected chi connectivity index (χ4v) is 2.06. The Kier molecular flexibility index (Phi) is 5.70. The molecule has 6 heteroatoms. The summed E-state index contributed by atoms with van der Waals surface area (Å²) in [5.74, 6) is -1.37. The van der Waals surface area contributed by atoms with Crippen LogP contribution < -0.4 is 5.32 Å². The normalized spacial score (nSPS) is 20.1. The van der Waals surface area contributed by atoms with Gasteiger partial charge in [-0.15, -0.1) is 0 Å². The summed E-state index contributed by atoms with van der Waals surface area (Å²) in [4.78, 5) is 0. The quantitative estimate of drug-likeness (QED) is 0.804. The predicted molar refractivity (Wildman–Crippen MR) is 70.6 cm³/mol. The smallest absolute Gasteiger partial charge is 0.149 e. The van der Waals surface area contributed by atoms with Crippen LogP contribution in [0.2, 0.25) is 0 Å². The van der Waals surface area contributed by atoms with Gasteiger partial charge in [-0.05, 0) is 25.0 Å². The van der Waals surface area contributed by atoms with Gasteiger partial charge in [-0.25, -0.2) is 8.78 Å². The Morgan fingerprint density at radius 1 is 1.40 bits per heavy atom. The molecule has 0 radical (unpaired) electrons. The number of benzene rings is 1. The van der Waals surface area contributed by atoms with Crippen LogP contribution in [-0.2, 0) is 9.47 Å². The van der Waals surface area contributed by atoms with E-state index in [4.69, 9.17) is 9.47 Å². The van der Waals surface area contributed by atoms with Crippen molar-refractivity contribution in [1.29, 1.82) is 0 Å². The van der Waals surface area contributed by atoms with E-state index < -0.39 is 17.7 Å². The number of rotatable bonds is 7. The van der Waals surface area contributed by atoms with Crippen LogP contribution in [0.3, 0.4) is 0 Å². The van der Waals surface area contributed by atoms with Crippen molar-refractivity contribution in [3.8, 4) is 0 Å². The van der Waals surface area contributed by atoms with Gasteiger partial charge < -0.3 is 19.9 Å². The maximum atomic E-state index is 13.3. The van der Waals surface area contributed by atoms with Crippen LogP contribution in [0.1, 0.15) is 12.8 Å². The number of aliphatic hydroxyl groups is 1. The Labute approximate surface area is 116 Å². The molecule has 20 heavy (non-hydrogen) atoms. The molecule has 0 aromatic heterocycles. The van der Waals surface area contributed by atoms with Gasteiger partial charge in [0.2, 0.25) is 0 Å². The highest BCUT2D eigenvalue weighted by molar-refractivity contribution is 5.46. The van der Waals surface area contributed by atoms with E-state index in [1.165, 1.54) is 6.07 Å². The van der Waals surface area contributed by atoms with Gasteiger partial charge in [0, 0.05) is 13.2 Å². The molecule has 1 saturated heterocycles. The van der Waals surface area contributed by atoms with Crippen molar-refractivity contribution in [3.63, 3.8) is 0 Å². The van der Waals surface area contributed by atoms with Crippen LogP contribution in [0.25, 0.3) is 0 Å². The number of anilines is 1. The van der Waals surface area contributed by atoms with Crippen LogP contribution in [0.5, 0.6) is 0 Å². The highest BCUT2D eigenvalue weighted by Crippen LogP contribution is 2.17. The fourth-order valence-electron chi connectivity index (χ4n) is 2.06. The van der Waals surface area contributed by atoms with Crippen LogP contribution in [0.15, 0.2) is 18.2 Å². The third-order valence-corrected chi connectivity index (χ3v) is 3.12. The van der Waals surface area contributed by atoms with E-state index in [0.717, 1.165) is 31.6 Å². The van der Waals surface area contributed by atoms with Gasteiger partial charge >= 0.3 is 0 Å². The lowest BCUT2D eigenvalue weighted by atomic mass is 10.2. The van der Waals surface area contributed by atoms with Crippen molar-refractivity contribution in [2.24, 2.45) is 0 Å². The first-order valence-corrected chi connectivity index (χ1v) is 6.72. The average molecular weight is 287 g/mol. The average Bonchev–Trinajstić information content (AvgIpc) is 2.91. The minimum absolute atomic E-state index is 0.0172. The number of para-hydroxylation sites is 1. The zero-order valence-electron chi connectivity index (χ0n) is 11.1. The maximum Gasteiger partial charge on any atom is 0.149 e. The lowest BCUT2D eigenvalue weighted by Gasteiger charge is -2.15. The number of aliphatic hydroxyl groups excluding tert-OH is 1.